The van der Waals surface area contributed by atoms with Gasteiger partial charge in [-0.3, -0.25) is 0 Å². The highest BCUT2D eigenvalue weighted by atomic mass is 35.5. The van der Waals surface area contributed by atoms with Crippen LogP contribution in [0.15, 0.2) is 36.4 Å². The molecule has 0 saturated carbocycles. The third-order valence-electron chi connectivity index (χ3n) is 5.38. The predicted octanol–water partition coefficient (Wildman–Crippen LogP) is 8.76. The van der Waals surface area contributed by atoms with Crippen molar-refractivity contribution < 1.29 is 9.47 Å². The van der Waals surface area contributed by atoms with E-state index in [1.807, 2.05) is 0 Å². The topological polar surface area (TPSA) is 18.5 Å². The third kappa shape index (κ3) is 10.8. The Kier molecular flexibility index (Phi) is 13.9. The monoisotopic (exact) mass is 452 g/mol. The van der Waals surface area contributed by atoms with Crippen molar-refractivity contribution >= 4 is 34.0 Å². The van der Waals surface area contributed by atoms with Gasteiger partial charge in [0.05, 0.1) is 13.2 Å². The molecule has 2 rings (SSSR count). The molecule has 0 aliphatic rings. The maximum Gasteiger partial charge on any atom is 0.119 e. The van der Waals surface area contributed by atoms with Crippen molar-refractivity contribution in [2.24, 2.45) is 0 Å². The van der Waals surface area contributed by atoms with Gasteiger partial charge in [-0.05, 0) is 60.7 Å². The molecule has 0 fully saturated rings. The van der Waals surface area contributed by atoms with Crippen molar-refractivity contribution in [1.29, 1.82) is 0 Å². The molecular weight excluding hydrogens is 415 g/mol. The minimum atomic E-state index is 0.786. The van der Waals surface area contributed by atoms with E-state index in [0.29, 0.717) is 0 Å². The van der Waals surface area contributed by atoms with Crippen LogP contribution in [-0.2, 0) is 0 Å². The Morgan fingerprint density at radius 2 is 0.833 bits per heavy atom. The number of ether oxygens (including phenoxy) is 2. The summed E-state index contributed by atoms with van der Waals surface area (Å²) in [6.45, 7) is 1.57. The molecule has 4 heteroatoms. The summed E-state index contributed by atoms with van der Waals surface area (Å²) in [5.74, 6) is 3.48. The molecule has 0 saturated heterocycles. The Morgan fingerprint density at radius 1 is 0.467 bits per heavy atom. The Hall–Kier alpha value is -1.12. The second-order valence-corrected chi connectivity index (χ2v) is 8.74. The van der Waals surface area contributed by atoms with Gasteiger partial charge in [0.15, 0.2) is 0 Å². The van der Waals surface area contributed by atoms with Crippen LogP contribution in [-0.4, -0.2) is 25.0 Å². The normalized spacial score (nSPS) is 11.1. The number of rotatable bonds is 18. The first-order valence-electron chi connectivity index (χ1n) is 11.7. The fourth-order valence-electron chi connectivity index (χ4n) is 3.57. The molecular formula is C26H38Cl2O2. The van der Waals surface area contributed by atoms with Gasteiger partial charge >= 0.3 is 0 Å². The van der Waals surface area contributed by atoms with Crippen molar-refractivity contribution in [3.05, 3.63) is 36.4 Å². The maximum atomic E-state index is 5.94. The summed E-state index contributed by atoms with van der Waals surface area (Å²) in [7, 11) is 0. The van der Waals surface area contributed by atoms with Gasteiger partial charge in [0.25, 0.3) is 0 Å². The van der Waals surface area contributed by atoms with Crippen LogP contribution in [0, 0.1) is 0 Å². The molecule has 0 bridgehead atoms. The van der Waals surface area contributed by atoms with E-state index in [9.17, 15) is 0 Å². The molecule has 2 aromatic rings. The molecule has 0 amide bonds. The zero-order chi connectivity index (χ0) is 21.3. The van der Waals surface area contributed by atoms with Gasteiger partial charge in [0.1, 0.15) is 11.5 Å². The number of fused-ring (bicyclic) bond motifs is 1. The lowest BCUT2D eigenvalue weighted by molar-refractivity contribution is 0.304. The average molecular weight is 453 g/mol. The van der Waals surface area contributed by atoms with E-state index in [4.69, 9.17) is 32.7 Å². The standard InChI is InChI=1S/C26H38Cl2O2/c27-17-9-5-1-3-7-11-19-29-25-15-13-24-22-26(16-14-23(24)21-25)30-20-12-8-4-2-6-10-18-28/h13-16,21-22H,1-12,17-20H2. The molecule has 30 heavy (non-hydrogen) atoms. The van der Waals surface area contributed by atoms with Gasteiger partial charge in [-0.1, -0.05) is 63.5 Å². The molecule has 0 atom stereocenters. The van der Waals surface area contributed by atoms with Crippen molar-refractivity contribution in [2.75, 3.05) is 25.0 Å². The van der Waals surface area contributed by atoms with Crippen LogP contribution in [0.2, 0.25) is 0 Å². The third-order valence-corrected chi connectivity index (χ3v) is 5.91. The molecule has 0 aliphatic heterocycles. The number of alkyl halides is 2. The van der Waals surface area contributed by atoms with E-state index in [-0.39, 0.29) is 0 Å². The van der Waals surface area contributed by atoms with Crippen LogP contribution < -0.4 is 9.47 Å². The zero-order valence-corrected chi connectivity index (χ0v) is 19.9. The Balaban J connectivity index is 1.64. The summed E-state index contributed by atoms with van der Waals surface area (Å²) in [6.07, 6.45) is 14.5. The Morgan fingerprint density at radius 3 is 1.23 bits per heavy atom. The molecule has 2 nitrogen and oxygen atoms in total. The largest absolute Gasteiger partial charge is 0.494 e. The molecule has 0 heterocycles. The number of hydrogen-bond acceptors (Lipinski definition) is 2. The van der Waals surface area contributed by atoms with Crippen LogP contribution in [0.4, 0.5) is 0 Å². The van der Waals surface area contributed by atoms with E-state index < -0.39 is 0 Å². The van der Waals surface area contributed by atoms with Crippen LogP contribution >= 0.6 is 23.2 Å². The molecule has 0 radical (unpaired) electrons. The first-order valence-corrected chi connectivity index (χ1v) is 12.8. The number of benzene rings is 2. The van der Waals surface area contributed by atoms with Crippen LogP contribution in [0.25, 0.3) is 10.8 Å². The van der Waals surface area contributed by atoms with E-state index in [0.717, 1.165) is 62.2 Å². The number of unbranched alkanes of at least 4 members (excludes halogenated alkanes) is 10. The zero-order valence-electron chi connectivity index (χ0n) is 18.4. The highest BCUT2D eigenvalue weighted by Gasteiger charge is 2.01. The van der Waals surface area contributed by atoms with Crippen molar-refractivity contribution in [3.63, 3.8) is 0 Å². The van der Waals surface area contributed by atoms with Gasteiger partial charge in [-0.15, -0.1) is 23.2 Å². The molecule has 0 unspecified atom stereocenters. The summed E-state index contributed by atoms with van der Waals surface area (Å²) < 4.78 is 11.9. The predicted molar refractivity (Wildman–Crippen MR) is 132 cm³/mol. The van der Waals surface area contributed by atoms with Gasteiger partial charge in [-0.25, -0.2) is 0 Å². The first-order chi connectivity index (χ1) is 14.8. The van der Waals surface area contributed by atoms with Crippen LogP contribution in [0.5, 0.6) is 11.5 Å². The summed E-state index contributed by atoms with van der Waals surface area (Å²) in [6, 6.07) is 12.6. The van der Waals surface area contributed by atoms with E-state index in [2.05, 4.69) is 36.4 Å². The molecule has 0 aliphatic carbocycles. The lowest BCUT2D eigenvalue weighted by Crippen LogP contribution is -1.98. The smallest absolute Gasteiger partial charge is 0.119 e. The van der Waals surface area contributed by atoms with Crippen LogP contribution in [0.3, 0.4) is 0 Å². The molecule has 2 aromatic carbocycles. The van der Waals surface area contributed by atoms with E-state index in [1.54, 1.807) is 0 Å². The minimum absolute atomic E-state index is 0.786. The second-order valence-electron chi connectivity index (χ2n) is 7.99. The lowest BCUT2D eigenvalue weighted by atomic mass is 10.1. The Labute approximate surface area is 193 Å². The average Bonchev–Trinajstić information content (AvgIpc) is 2.77. The quantitative estimate of drug-likeness (QED) is 0.166. The highest BCUT2D eigenvalue weighted by molar-refractivity contribution is 6.18. The fraction of sp³-hybridized carbons (Fsp3) is 0.615. The van der Waals surface area contributed by atoms with E-state index in [1.165, 1.54) is 62.1 Å². The fourth-order valence-corrected chi connectivity index (χ4v) is 3.95. The van der Waals surface area contributed by atoms with Crippen molar-refractivity contribution in [3.8, 4) is 11.5 Å². The number of halogens is 2. The maximum absolute atomic E-state index is 5.94. The molecule has 0 aromatic heterocycles. The van der Waals surface area contributed by atoms with Crippen molar-refractivity contribution in [1.82, 2.24) is 0 Å². The summed E-state index contributed by atoms with van der Waals surface area (Å²) in [4.78, 5) is 0. The summed E-state index contributed by atoms with van der Waals surface area (Å²) in [5.41, 5.74) is 0. The van der Waals surface area contributed by atoms with Gasteiger partial charge < -0.3 is 9.47 Å². The van der Waals surface area contributed by atoms with Gasteiger partial charge in [-0.2, -0.15) is 0 Å². The van der Waals surface area contributed by atoms with Gasteiger partial charge in [0, 0.05) is 11.8 Å². The SMILES string of the molecule is ClCCCCCCCCOc1ccc2cc(OCCCCCCCCCl)ccc2c1. The minimum Gasteiger partial charge on any atom is -0.494 e. The summed E-state index contributed by atoms with van der Waals surface area (Å²) in [5, 5.41) is 2.39. The van der Waals surface area contributed by atoms with Crippen LogP contribution in [0.1, 0.15) is 77.0 Å². The van der Waals surface area contributed by atoms with Gasteiger partial charge in [0.2, 0.25) is 0 Å². The molecule has 168 valence electrons. The second kappa shape index (κ2) is 16.6. The Bertz CT molecular complexity index is 631. The van der Waals surface area contributed by atoms with E-state index >= 15 is 0 Å². The van der Waals surface area contributed by atoms with Crippen molar-refractivity contribution in [2.45, 2.75) is 77.0 Å². The molecule has 0 spiro atoms. The number of hydrogen-bond donors (Lipinski definition) is 0. The summed E-state index contributed by atoms with van der Waals surface area (Å²) >= 11 is 11.4. The first kappa shape index (κ1) is 25.1. The molecule has 0 N–H and O–H groups in total. The lowest BCUT2D eigenvalue weighted by Gasteiger charge is -2.10. The highest BCUT2D eigenvalue weighted by Crippen LogP contribution is 2.25.